The van der Waals surface area contributed by atoms with E-state index in [1.165, 1.54) is 12.2 Å². The molecule has 0 aliphatic heterocycles. The maximum Gasteiger partial charge on any atom is 0.330 e. The average molecular weight is 241 g/mol. The van der Waals surface area contributed by atoms with Crippen molar-refractivity contribution in [1.82, 2.24) is 4.98 Å². The molecule has 4 nitrogen and oxygen atoms in total. The molecule has 0 bridgehead atoms. The molecule has 86 valence electrons. The van der Waals surface area contributed by atoms with Gasteiger partial charge in [-0.2, -0.15) is 0 Å². The molecule has 0 fully saturated rings. The molecule has 16 heavy (non-hydrogen) atoms. The van der Waals surface area contributed by atoms with Crippen LogP contribution in [0.1, 0.15) is 19.0 Å². The summed E-state index contributed by atoms with van der Waals surface area (Å²) >= 11 is 5.70. The number of hydrogen-bond donors (Lipinski definition) is 1. The largest absolute Gasteiger partial charge is 0.463 e. The molecular formula is C11H13ClN2O2. The van der Waals surface area contributed by atoms with Crippen LogP contribution >= 0.6 is 11.6 Å². The highest BCUT2D eigenvalue weighted by atomic mass is 35.5. The molecular weight excluding hydrogens is 228 g/mol. The SMILES string of the molecule is CCCOC(=O)/C=C/c1nc(Cl)ccc1N. The number of ether oxygens (including phenoxy) is 1. The van der Waals surface area contributed by atoms with Gasteiger partial charge < -0.3 is 10.5 Å². The van der Waals surface area contributed by atoms with Gasteiger partial charge in [-0.15, -0.1) is 0 Å². The van der Waals surface area contributed by atoms with E-state index in [2.05, 4.69) is 4.98 Å². The first-order valence-electron chi connectivity index (χ1n) is 4.90. The lowest BCUT2D eigenvalue weighted by Gasteiger charge is -2.00. The second-order valence-electron chi connectivity index (χ2n) is 3.11. The number of nitrogens with zero attached hydrogens (tertiary/aromatic N) is 1. The molecule has 0 aliphatic rings. The lowest BCUT2D eigenvalue weighted by Crippen LogP contribution is -2.01. The second kappa shape index (κ2) is 6.12. The van der Waals surface area contributed by atoms with Gasteiger partial charge in [-0.25, -0.2) is 9.78 Å². The highest BCUT2D eigenvalue weighted by Gasteiger charge is 2.00. The normalized spacial score (nSPS) is 10.6. The van der Waals surface area contributed by atoms with Gasteiger partial charge >= 0.3 is 5.97 Å². The quantitative estimate of drug-likeness (QED) is 0.498. The summed E-state index contributed by atoms with van der Waals surface area (Å²) in [6.45, 7) is 2.33. The van der Waals surface area contributed by atoms with Crippen LogP contribution in [0, 0.1) is 0 Å². The van der Waals surface area contributed by atoms with Crippen LogP contribution in [-0.4, -0.2) is 17.6 Å². The maximum atomic E-state index is 11.2. The van der Waals surface area contributed by atoms with Gasteiger partial charge in [0.1, 0.15) is 5.15 Å². The molecule has 1 heterocycles. The summed E-state index contributed by atoms with van der Waals surface area (Å²) in [5.74, 6) is -0.414. The summed E-state index contributed by atoms with van der Waals surface area (Å²) < 4.78 is 4.86. The zero-order chi connectivity index (χ0) is 12.0. The van der Waals surface area contributed by atoms with Crippen molar-refractivity contribution in [1.29, 1.82) is 0 Å². The third-order valence-corrected chi connectivity index (χ3v) is 1.96. The Bertz CT molecular complexity index is 405. The van der Waals surface area contributed by atoms with Crippen LogP contribution in [0.2, 0.25) is 5.15 Å². The zero-order valence-electron chi connectivity index (χ0n) is 8.94. The van der Waals surface area contributed by atoms with Crippen LogP contribution < -0.4 is 5.73 Å². The molecule has 0 unspecified atom stereocenters. The molecule has 0 aliphatic carbocycles. The molecule has 5 heteroatoms. The Morgan fingerprint density at radius 3 is 3.06 bits per heavy atom. The fourth-order valence-corrected chi connectivity index (χ4v) is 1.15. The lowest BCUT2D eigenvalue weighted by atomic mass is 10.3. The molecule has 1 aromatic rings. The van der Waals surface area contributed by atoms with E-state index in [1.54, 1.807) is 12.1 Å². The van der Waals surface area contributed by atoms with Crippen molar-refractivity contribution in [2.75, 3.05) is 12.3 Å². The van der Waals surface area contributed by atoms with Crippen LogP contribution in [0.5, 0.6) is 0 Å². The number of nitrogen functional groups attached to an aromatic ring is 1. The van der Waals surface area contributed by atoms with Gasteiger partial charge in [0.05, 0.1) is 18.0 Å². The van der Waals surface area contributed by atoms with Crippen LogP contribution in [0.15, 0.2) is 18.2 Å². The van der Waals surface area contributed by atoms with E-state index < -0.39 is 5.97 Å². The van der Waals surface area contributed by atoms with E-state index in [-0.39, 0.29) is 0 Å². The highest BCUT2D eigenvalue weighted by Crippen LogP contribution is 2.14. The van der Waals surface area contributed by atoms with Gasteiger partial charge in [-0.05, 0) is 24.6 Å². The van der Waals surface area contributed by atoms with Crippen molar-refractivity contribution in [3.8, 4) is 0 Å². The molecule has 0 saturated carbocycles. The first kappa shape index (κ1) is 12.5. The number of esters is 1. The highest BCUT2D eigenvalue weighted by molar-refractivity contribution is 6.29. The Morgan fingerprint density at radius 1 is 1.62 bits per heavy atom. The monoisotopic (exact) mass is 240 g/mol. The molecule has 1 aromatic heterocycles. The Kier molecular flexibility index (Phi) is 4.79. The number of carbonyl (C=O) groups is 1. The number of pyridine rings is 1. The summed E-state index contributed by atoms with van der Waals surface area (Å²) in [5, 5.41) is 0.329. The zero-order valence-corrected chi connectivity index (χ0v) is 9.70. The van der Waals surface area contributed by atoms with Gasteiger partial charge in [-0.1, -0.05) is 18.5 Å². The molecule has 0 aromatic carbocycles. The Labute approximate surface area is 99.1 Å². The summed E-state index contributed by atoms with van der Waals surface area (Å²) in [6.07, 6.45) is 3.56. The number of carbonyl (C=O) groups excluding carboxylic acids is 1. The maximum absolute atomic E-state index is 11.2. The van der Waals surface area contributed by atoms with E-state index in [0.717, 1.165) is 6.42 Å². The first-order chi connectivity index (χ1) is 7.63. The summed E-state index contributed by atoms with van der Waals surface area (Å²) in [7, 11) is 0. The van der Waals surface area contributed by atoms with E-state index in [1.807, 2.05) is 6.92 Å². The molecule has 2 N–H and O–H groups in total. The standard InChI is InChI=1S/C11H13ClN2O2/c1-2-7-16-11(15)6-4-9-8(13)3-5-10(12)14-9/h3-6H,2,7,13H2,1H3/b6-4+. The molecule has 0 amide bonds. The summed E-state index contributed by atoms with van der Waals surface area (Å²) in [4.78, 5) is 15.1. The van der Waals surface area contributed by atoms with Crippen molar-refractivity contribution >= 4 is 29.3 Å². The van der Waals surface area contributed by atoms with Gasteiger partial charge in [-0.3, -0.25) is 0 Å². The third kappa shape index (κ3) is 3.90. The number of rotatable bonds is 4. The van der Waals surface area contributed by atoms with E-state index in [9.17, 15) is 4.79 Å². The minimum absolute atomic E-state index is 0.329. The van der Waals surface area contributed by atoms with E-state index in [0.29, 0.717) is 23.1 Å². The molecule has 0 atom stereocenters. The van der Waals surface area contributed by atoms with Crippen molar-refractivity contribution in [3.63, 3.8) is 0 Å². The molecule has 0 radical (unpaired) electrons. The number of halogens is 1. The van der Waals surface area contributed by atoms with Gasteiger partial charge in [0, 0.05) is 6.08 Å². The number of anilines is 1. The van der Waals surface area contributed by atoms with Crippen molar-refractivity contribution in [2.45, 2.75) is 13.3 Å². The molecule has 1 rings (SSSR count). The van der Waals surface area contributed by atoms with Gasteiger partial charge in [0.15, 0.2) is 0 Å². The van der Waals surface area contributed by atoms with Crippen molar-refractivity contribution in [2.24, 2.45) is 0 Å². The Morgan fingerprint density at radius 2 is 2.38 bits per heavy atom. The Balaban J connectivity index is 2.68. The minimum atomic E-state index is -0.414. The van der Waals surface area contributed by atoms with Crippen LogP contribution in [0.4, 0.5) is 5.69 Å². The summed E-state index contributed by atoms with van der Waals surface area (Å²) in [5.41, 5.74) is 6.57. The second-order valence-corrected chi connectivity index (χ2v) is 3.50. The van der Waals surface area contributed by atoms with Crippen LogP contribution in [0.25, 0.3) is 6.08 Å². The summed E-state index contributed by atoms with van der Waals surface area (Å²) in [6, 6.07) is 3.22. The molecule has 0 spiro atoms. The van der Waals surface area contributed by atoms with E-state index in [4.69, 9.17) is 22.1 Å². The van der Waals surface area contributed by atoms with Gasteiger partial charge in [0.25, 0.3) is 0 Å². The topological polar surface area (TPSA) is 65.2 Å². The van der Waals surface area contributed by atoms with Crippen molar-refractivity contribution in [3.05, 3.63) is 29.1 Å². The van der Waals surface area contributed by atoms with Crippen LogP contribution in [0.3, 0.4) is 0 Å². The first-order valence-corrected chi connectivity index (χ1v) is 5.28. The third-order valence-electron chi connectivity index (χ3n) is 1.75. The predicted molar refractivity (Wildman–Crippen MR) is 63.9 cm³/mol. The fraction of sp³-hybridized carbons (Fsp3) is 0.273. The lowest BCUT2D eigenvalue weighted by molar-refractivity contribution is -0.137. The van der Waals surface area contributed by atoms with E-state index >= 15 is 0 Å². The number of hydrogen-bond acceptors (Lipinski definition) is 4. The average Bonchev–Trinajstić information content (AvgIpc) is 2.27. The predicted octanol–water partition coefficient (Wildman–Crippen LogP) is 2.28. The Hall–Kier alpha value is -1.55. The number of aromatic nitrogens is 1. The van der Waals surface area contributed by atoms with Crippen LogP contribution in [-0.2, 0) is 9.53 Å². The minimum Gasteiger partial charge on any atom is -0.463 e. The number of nitrogens with two attached hydrogens (primary N) is 1. The fourth-order valence-electron chi connectivity index (χ4n) is 0.992. The van der Waals surface area contributed by atoms with Crippen molar-refractivity contribution < 1.29 is 9.53 Å². The smallest absolute Gasteiger partial charge is 0.330 e. The molecule has 0 saturated heterocycles. The van der Waals surface area contributed by atoms with Gasteiger partial charge in [0.2, 0.25) is 0 Å².